The highest BCUT2D eigenvalue weighted by Crippen LogP contribution is 2.23. The number of carbonyl (C=O) groups is 1. The maximum absolute atomic E-state index is 11.4. The molecular formula is C12H21NO2. The van der Waals surface area contributed by atoms with Gasteiger partial charge in [0.05, 0.1) is 12.2 Å². The van der Waals surface area contributed by atoms with Crippen LogP contribution in [0.25, 0.3) is 0 Å². The standard InChI is InChI=1S/C12H21NO2/c1-9-7-13(8-10(2)15-9)11-4-3-5-12(14)6-11/h9-11H,3-8H2,1-2H3. The van der Waals surface area contributed by atoms with Crippen LogP contribution in [0, 0.1) is 0 Å². The van der Waals surface area contributed by atoms with Gasteiger partial charge in [0.1, 0.15) is 5.78 Å². The van der Waals surface area contributed by atoms with Crippen LogP contribution < -0.4 is 0 Å². The molecule has 2 fully saturated rings. The van der Waals surface area contributed by atoms with Gasteiger partial charge in [0.15, 0.2) is 0 Å². The van der Waals surface area contributed by atoms with E-state index in [1.54, 1.807) is 0 Å². The van der Waals surface area contributed by atoms with Crippen molar-refractivity contribution >= 4 is 5.78 Å². The maximum atomic E-state index is 11.4. The molecule has 0 aromatic rings. The van der Waals surface area contributed by atoms with Gasteiger partial charge in [0.25, 0.3) is 0 Å². The van der Waals surface area contributed by atoms with E-state index in [0.717, 1.165) is 32.4 Å². The molecule has 1 saturated carbocycles. The van der Waals surface area contributed by atoms with Crippen LogP contribution in [0.4, 0.5) is 0 Å². The fourth-order valence-electron chi connectivity index (χ4n) is 2.83. The van der Waals surface area contributed by atoms with E-state index in [-0.39, 0.29) is 0 Å². The smallest absolute Gasteiger partial charge is 0.134 e. The number of ether oxygens (including phenoxy) is 1. The number of hydrogen-bond acceptors (Lipinski definition) is 3. The average molecular weight is 211 g/mol. The lowest BCUT2D eigenvalue weighted by atomic mass is 9.92. The Morgan fingerprint density at radius 3 is 2.53 bits per heavy atom. The van der Waals surface area contributed by atoms with E-state index in [9.17, 15) is 4.79 Å². The number of rotatable bonds is 1. The fourth-order valence-corrected chi connectivity index (χ4v) is 2.83. The molecule has 86 valence electrons. The monoisotopic (exact) mass is 211 g/mol. The number of Topliss-reactive ketones (excluding diaryl/α,β-unsaturated/α-hetero) is 1. The summed E-state index contributed by atoms with van der Waals surface area (Å²) in [5, 5.41) is 0. The maximum Gasteiger partial charge on any atom is 0.134 e. The number of carbonyl (C=O) groups excluding carboxylic acids is 1. The van der Waals surface area contributed by atoms with Gasteiger partial charge in [-0.2, -0.15) is 0 Å². The highest BCUT2D eigenvalue weighted by molar-refractivity contribution is 5.79. The van der Waals surface area contributed by atoms with Crippen molar-refractivity contribution in [2.75, 3.05) is 13.1 Å². The van der Waals surface area contributed by atoms with Gasteiger partial charge >= 0.3 is 0 Å². The zero-order valence-corrected chi connectivity index (χ0v) is 9.74. The number of nitrogens with zero attached hydrogens (tertiary/aromatic N) is 1. The van der Waals surface area contributed by atoms with E-state index in [1.165, 1.54) is 6.42 Å². The highest BCUT2D eigenvalue weighted by Gasteiger charge is 2.30. The quantitative estimate of drug-likeness (QED) is 0.660. The third kappa shape index (κ3) is 2.79. The lowest BCUT2D eigenvalue weighted by molar-refractivity contribution is -0.125. The molecule has 2 rings (SSSR count). The van der Waals surface area contributed by atoms with Crippen molar-refractivity contribution in [1.29, 1.82) is 0 Å². The summed E-state index contributed by atoms with van der Waals surface area (Å²) < 4.78 is 5.71. The Morgan fingerprint density at radius 2 is 1.93 bits per heavy atom. The summed E-state index contributed by atoms with van der Waals surface area (Å²) in [6, 6.07) is 0.486. The molecule has 0 bridgehead atoms. The molecule has 0 aromatic heterocycles. The van der Waals surface area contributed by atoms with Crippen LogP contribution in [0.15, 0.2) is 0 Å². The first-order valence-corrected chi connectivity index (χ1v) is 6.06. The van der Waals surface area contributed by atoms with Gasteiger partial charge in [0, 0.05) is 32.0 Å². The Hall–Kier alpha value is -0.410. The molecule has 0 amide bonds. The summed E-state index contributed by atoms with van der Waals surface area (Å²) in [5.41, 5.74) is 0. The second-order valence-corrected chi connectivity index (χ2v) is 5.00. The first kappa shape index (κ1) is 11.1. The van der Waals surface area contributed by atoms with Crippen LogP contribution in [0.1, 0.15) is 39.5 Å². The van der Waals surface area contributed by atoms with Crippen LogP contribution in [0.2, 0.25) is 0 Å². The molecule has 2 aliphatic rings. The zero-order chi connectivity index (χ0) is 10.8. The normalized spacial score (nSPS) is 39.3. The molecule has 3 heteroatoms. The van der Waals surface area contributed by atoms with Crippen molar-refractivity contribution in [1.82, 2.24) is 4.90 Å². The molecular weight excluding hydrogens is 190 g/mol. The van der Waals surface area contributed by atoms with Gasteiger partial charge in [-0.25, -0.2) is 0 Å². The zero-order valence-electron chi connectivity index (χ0n) is 9.74. The van der Waals surface area contributed by atoms with Crippen LogP contribution in [-0.4, -0.2) is 42.0 Å². The largest absolute Gasteiger partial charge is 0.373 e. The van der Waals surface area contributed by atoms with Gasteiger partial charge in [-0.15, -0.1) is 0 Å². The van der Waals surface area contributed by atoms with Crippen molar-refractivity contribution in [3.8, 4) is 0 Å². The number of morpholine rings is 1. The first-order chi connectivity index (χ1) is 7.15. The second-order valence-electron chi connectivity index (χ2n) is 5.00. The van der Waals surface area contributed by atoms with Gasteiger partial charge in [-0.1, -0.05) is 0 Å². The van der Waals surface area contributed by atoms with Crippen molar-refractivity contribution in [3.05, 3.63) is 0 Å². The number of hydrogen-bond donors (Lipinski definition) is 0. The van der Waals surface area contributed by atoms with E-state index >= 15 is 0 Å². The molecule has 1 aliphatic heterocycles. The molecule has 15 heavy (non-hydrogen) atoms. The predicted octanol–water partition coefficient (Wildman–Crippen LogP) is 1.61. The molecule has 1 saturated heterocycles. The molecule has 1 aliphatic carbocycles. The molecule has 1 heterocycles. The Balaban J connectivity index is 1.93. The van der Waals surface area contributed by atoms with E-state index < -0.39 is 0 Å². The summed E-state index contributed by atoms with van der Waals surface area (Å²) in [6.45, 7) is 6.21. The molecule has 3 unspecified atom stereocenters. The van der Waals surface area contributed by atoms with Crippen LogP contribution >= 0.6 is 0 Å². The van der Waals surface area contributed by atoms with Crippen molar-refractivity contribution in [2.24, 2.45) is 0 Å². The minimum Gasteiger partial charge on any atom is -0.373 e. The topological polar surface area (TPSA) is 29.5 Å². The minimum atomic E-state index is 0.311. The summed E-state index contributed by atoms with van der Waals surface area (Å²) >= 11 is 0. The number of ketones is 1. The molecule has 0 radical (unpaired) electrons. The lowest BCUT2D eigenvalue weighted by Gasteiger charge is -2.41. The van der Waals surface area contributed by atoms with Gasteiger partial charge in [0.2, 0.25) is 0 Å². The Kier molecular flexibility index (Phi) is 3.42. The van der Waals surface area contributed by atoms with E-state index in [4.69, 9.17) is 4.74 Å². The highest BCUT2D eigenvalue weighted by atomic mass is 16.5. The van der Waals surface area contributed by atoms with Crippen molar-refractivity contribution < 1.29 is 9.53 Å². The van der Waals surface area contributed by atoms with Gasteiger partial charge in [-0.05, 0) is 26.7 Å². The third-order valence-corrected chi connectivity index (χ3v) is 3.42. The predicted molar refractivity (Wildman–Crippen MR) is 58.8 cm³/mol. The van der Waals surface area contributed by atoms with E-state index in [0.29, 0.717) is 24.0 Å². The molecule has 0 aromatic carbocycles. The molecule has 0 spiro atoms. The third-order valence-electron chi connectivity index (χ3n) is 3.42. The summed E-state index contributed by atoms with van der Waals surface area (Å²) in [7, 11) is 0. The Labute approximate surface area is 91.8 Å². The first-order valence-electron chi connectivity index (χ1n) is 6.06. The van der Waals surface area contributed by atoms with E-state index in [2.05, 4.69) is 18.7 Å². The lowest BCUT2D eigenvalue weighted by Crippen LogP contribution is -2.51. The summed E-state index contributed by atoms with van der Waals surface area (Å²) in [5.74, 6) is 0.443. The van der Waals surface area contributed by atoms with Crippen LogP contribution in [0.3, 0.4) is 0 Å². The molecule has 0 N–H and O–H groups in total. The Morgan fingerprint density at radius 1 is 1.27 bits per heavy atom. The average Bonchev–Trinajstić information content (AvgIpc) is 2.16. The minimum absolute atomic E-state index is 0.311. The fraction of sp³-hybridized carbons (Fsp3) is 0.917. The van der Waals surface area contributed by atoms with Crippen LogP contribution in [0.5, 0.6) is 0 Å². The van der Waals surface area contributed by atoms with Crippen LogP contribution in [-0.2, 0) is 9.53 Å². The SMILES string of the molecule is CC1CN(C2CCCC(=O)C2)CC(C)O1. The Bertz CT molecular complexity index is 232. The molecule has 3 atom stereocenters. The van der Waals surface area contributed by atoms with E-state index in [1.807, 2.05) is 0 Å². The van der Waals surface area contributed by atoms with Crippen molar-refractivity contribution in [3.63, 3.8) is 0 Å². The van der Waals surface area contributed by atoms with Gasteiger partial charge in [-0.3, -0.25) is 9.69 Å². The summed E-state index contributed by atoms with van der Waals surface area (Å²) in [4.78, 5) is 13.9. The molecule has 3 nitrogen and oxygen atoms in total. The van der Waals surface area contributed by atoms with Crippen molar-refractivity contribution in [2.45, 2.75) is 57.8 Å². The second kappa shape index (κ2) is 4.62. The van der Waals surface area contributed by atoms with Gasteiger partial charge < -0.3 is 4.74 Å². The summed E-state index contributed by atoms with van der Waals surface area (Å²) in [6.07, 6.45) is 4.44.